The highest BCUT2D eigenvalue weighted by Crippen LogP contribution is 2.41. The minimum Gasteiger partial charge on any atom is -0.368 e. The molecule has 3 rings (SSSR count). The zero-order valence-electron chi connectivity index (χ0n) is 12.8. The first-order chi connectivity index (χ1) is 10.8. The number of nitrogens with two attached hydrogens (primary N) is 1. The molecule has 0 amide bonds. The summed E-state index contributed by atoms with van der Waals surface area (Å²) in [6, 6.07) is 5.81. The van der Waals surface area contributed by atoms with Crippen molar-refractivity contribution < 1.29 is 13.2 Å². The number of rotatable bonds is 2. The number of benzene rings is 1. The van der Waals surface area contributed by atoms with E-state index in [0.717, 1.165) is 29.3 Å². The molecule has 2 atom stereocenters. The molecule has 1 aromatic heterocycles. The summed E-state index contributed by atoms with van der Waals surface area (Å²) in [4.78, 5) is 7.23. The van der Waals surface area contributed by atoms with Gasteiger partial charge in [-0.15, -0.1) is 0 Å². The Labute approximate surface area is 131 Å². The fourth-order valence-electron chi connectivity index (χ4n) is 3.04. The van der Waals surface area contributed by atoms with Gasteiger partial charge in [-0.05, 0) is 30.4 Å². The molecular formula is C16H17F3N4. The van der Waals surface area contributed by atoms with Crippen LogP contribution in [0.3, 0.4) is 0 Å². The quantitative estimate of drug-likeness (QED) is 0.884. The minimum absolute atomic E-state index is 0.157. The third kappa shape index (κ3) is 2.95. The standard InChI is InChI=1S/C16H17F3N4/c1-8-3-4-10-6-9(2)13(11(10)5-8)22-14-12(16(17,18)19)7-21-15(20)23-14/h3-5,7,9,13H,6H2,1-2H3,(H3,20,21,22,23)/t9-,13+/m0/s1. The Bertz CT molecular complexity index is 743. The van der Waals surface area contributed by atoms with E-state index in [1.165, 1.54) is 0 Å². The van der Waals surface area contributed by atoms with E-state index in [1.807, 2.05) is 32.0 Å². The number of alkyl halides is 3. The summed E-state index contributed by atoms with van der Waals surface area (Å²) in [6.07, 6.45) is -3.00. The van der Waals surface area contributed by atoms with Crippen LogP contribution < -0.4 is 11.1 Å². The van der Waals surface area contributed by atoms with Gasteiger partial charge in [0.1, 0.15) is 11.4 Å². The van der Waals surface area contributed by atoms with E-state index in [-0.39, 0.29) is 23.7 Å². The fraction of sp³-hybridized carbons (Fsp3) is 0.375. The van der Waals surface area contributed by atoms with E-state index >= 15 is 0 Å². The van der Waals surface area contributed by atoms with Crippen molar-refractivity contribution in [1.82, 2.24) is 9.97 Å². The van der Waals surface area contributed by atoms with Crippen LogP contribution in [0.4, 0.5) is 24.9 Å². The predicted molar refractivity (Wildman–Crippen MR) is 81.9 cm³/mol. The second-order valence-corrected chi connectivity index (χ2v) is 5.99. The first-order valence-electron chi connectivity index (χ1n) is 7.31. The highest BCUT2D eigenvalue weighted by atomic mass is 19.4. The number of anilines is 2. The summed E-state index contributed by atoms with van der Waals surface area (Å²) in [5.74, 6) is -0.295. The molecule has 1 heterocycles. The Morgan fingerprint density at radius 1 is 1.30 bits per heavy atom. The van der Waals surface area contributed by atoms with Crippen molar-refractivity contribution in [3.05, 3.63) is 46.6 Å². The summed E-state index contributed by atoms with van der Waals surface area (Å²) in [6.45, 7) is 3.97. The second-order valence-electron chi connectivity index (χ2n) is 5.99. The molecule has 4 nitrogen and oxygen atoms in total. The highest BCUT2D eigenvalue weighted by Gasteiger charge is 2.37. The Balaban J connectivity index is 2.00. The molecule has 0 aliphatic heterocycles. The molecule has 7 heteroatoms. The summed E-state index contributed by atoms with van der Waals surface area (Å²) in [5, 5.41) is 2.94. The Hall–Kier alpha value is -2.31. The number of nitrogen functional groups attached to an aromatic ring is 1. The molecule has 0 radical (unpaired) electrons. The summed E-state index contributed by atoms with van der Waals surface area (Å²) < 4.78 is 39.5. The van der Waals surface area contributed by atoms with Crippen LogP contribution in [0.5, 0.6) is 0 Å². The van der Waals surface area contributed by atoms with Gasteiger partial charge in [-0.2, -0.15) is 18.2 Å². The van der Waals surface area contributed by atoms with Crippen LogP contribution in [0, 0.1) is 12.8 Å². The van der Waals surface area contributed by atoms with Crippen molar-refractivity contribution in [3.8, 4) is 0 Å². The number of nitrogens with one attached hydrogen (secondary N) is 1. The zero-order chi connectivity index (χ0) is 16.8. The lowest BCUT2D eigenvalue weighted by molar-refractivity contribution is -0.137. The minimum atomic E-state index is -4.53. The number of aromatic nitrogens is 2. The van der Waals surface area contributed by atoms with Crippen LogP contribution >= 0.6 is 0 Å². The van der Waals surface area contributed by atoms with Crippen molar-refractivity contribution in [2.45, 2.75) is 32.5 Å². The van der Waals surface area contributed by atoms with Crippen LogP contribution in [-0.4, -0.2) is 9.97 Å². The van der Waals surface area contributed by atoms with Crippen LogP contribution in [0.15, 0.2) is 24.4 Å². The van der Waals surface area contributed by atoms with Crippen molar-refractivity contribution in [1.29, 1.82) is 0 Å². The summed E-state index contributed by atoms with van der Waals surface area (Å²) in [7, 11) is 0. The molecule has 1 aliphatic carbocycles. The second kappa shape index (κ2) is 5.40. The average molecular weight is 322 g/mol. The van der Waals surface area contributed by atoms with Gasteiger partial charge in [0.15, 0.2) is 0 Å². The molecule has 3 N–H and O–H groups in total. The van der Waals surface area contributed by atoms with Crippen molar-refractivity contribution in [3.63, 3.8) is 0 Å². The van der Waals surface area contributed by atoms with Crippen molar-refractivity contribution in [2.24, 2.45) is 5.92 Å². The van der Waals surface area contributed by atoms with Gasteiger partial charge in [0.2, 0.25) is 5.95 Å². The summed E-state index contributed by atoms with van der Waals surface area (Å²) >= 11 is 0. The number of hydrogen-bond acceptors (Lipinski definition) is 4. The molecule has 0 saturated carbocycles. The van der Waals surface area contributed by atoms with Gasteiger partial charge in [-0.25, -0.2) is 4.98 Å². The molecule has 0 bridgehead atoms. The van der Waals surface area contributed by atoms with Crippen LogP contribution in [-0.2, 0) is 12.6 Å². The topological polar surface area (TPSA) is 63.8 Å². The molecule has 0 saturated heterocycles. The van der Waals surface area contributed by atoms with Gasteiger partial charge in [0.25, 0.3) is 0 Å². The zero-order valence-corrected chi connectivity index (χ0v) is 12.8. The molecular weight excluding hydrogens is 305 g/mol. The predicted octanol–water partition coefficient (Wildman–Crippen LogP) is 3.73. The van der Waals surface area contributed by atoms with Crippen LogP contribution in [0.2, 0.25) is 0 Å². The molecule has 0 unspecified atom stereocenters. The van der Waals surface area contributed by atoms with E-state index in [1.54, 1.807) is 0 Å². The first-order valence-corrected chi connectivity index (χ1v) is 7.31. The maximum Gasteiger partial charge on any atom is 0.421 e. The lowest BCUT2D eigenvalue weighted by Gasteiger charge is -2.22. The van der Waals surface area contributed by atoms with Gasteiger partial charge in [-0.3, -0.25) is 0 Å². The van der Waals surface area contributed by atoms with E-state index in [2.05, 4.69) is 15.3 Å². The molecule has 1 aromatic carbocycles. The number of fused-ring (bicyclic) bond motifs is 1. The molecule has 0 spiro atoms. The maximum atomic E-state index is 13.2. The monoisotopic (exact) mass is 322 g/mol. The molecule has 122 valence electrons. The van der Waals surface area contributed by atoms with Gasteiger partial charge in [0.05, 0.1) is 6.04 Å². The Morgan fingerprint density at radius 2 is 2.04 bits per heavy atom. The van der Waals surface area contributed by atoms with Gasteiger partial charge >= 0.3 is 6.18 Å². The first kappa shape index (κ1) is 15.6. The summed E-state index contributed by atoms with van der Waals surface area (Å²) in [5.41, 5.74) is 7.80. The lowest BCUT2D eigenvalue weighted by Crippen LogP contribution is -2.20. The van der Waals surface area contributed by atoms with Gasteiger partial charge in [-0.1, -0.05) is 30.7 Å². The van der Waals surface area contributed by atoms with Crippen molar-refractivity contribution >= 4 is 11.8 Å². The molecule has 1 aliphatic rings. The maximum absolute atomic E-state index is 13.2. The third-order valence-corrected chi connectivity index (χ3v) is 4.15. The molecule has 0 fully saturated rings. The number of aryl methyl sites for hydroxylation is 1. The van der Waals surface area contributed by atoms with E-state index in [9.17, 15) is 13.2 Å². The van der Waals surface area contributed by atoms with E-state index < -0.39 is 11.7 Å². The molecule has 23 heavy (non-hydrogen) atoms. The normalized spacial score (nSPS) is 20.4. The largest absolute Gasteiger partial charge is 0.421 e. The average Bonchev–Trinajstić information content (AvgIpc) is 2.74. The number of nitrogens with zero attached hydrogens (tertiary/aromatic N) is 2. The Kier molecular flexibility index (Phi) is 3.66. The van der Waals surface area contributed by atoms with Crippen molar-refractivity contribution in [2.75, 3.05) is 11.1 Å². The van der Waals surface area contributed by atoms with Gasteiger partial charge in [0, 0.05) is 6.20 Å². The van der Waals surface area contributed by atoms with E-state index in [0.29, 0.717) is 0 Å². The molecule has 2 aromatic rings. The van der Waals surface area contributed by atoms with Crippen LogP contribution in [0.25, 0.3) is 0 Å². The smallest absolute Gasteiger partial charge is 0.368 e. The highest BCUT2D eigenvalue weighted by molar-refractivity contribution is 5.52. The number of hydrogen-bond donors (Lipinski definition) is 2. The SMILES string of the molecule is Cc1ccc2c(c1)[C@H](Nc1nc(N)ncc1C(F)(F)F)[C@@H](C)C2. The van der Waals surface area contributed by atoms with E-state index in [4.69, 9.17) is 5.73 Å². The third-order valence-electron chi connectivity index (χ3n) is 4.15. The fourth-order valence-corrected chi connectivity index (χ4v) is 3.04. The lowest BCUT2D eigenvalue weighted by atomic mass is 10.0. The van der Waals surface area contributed by atoms with Crippen LogP contribution in [0.1, 0.15) is 35.2 Å². The van der Waals surface area contributed by atoms with Gasteiger partial charge < -0.3 is 11.1 Å². The Morgan fingerprint density at radius 3 is 2.74 bits per heavy atom. The number of halogens is 3.